The number of hydrogen-bond donors (Lipinski definition) is 0. The molecule has 2 aromatic carbocycles. The van der Waals surface area contributed by atoms with Gasteiger partial charge in [-0.15, -0.1) is 5.10 Å². The minimum Gasteiger partial charge on any atom is -0.353 e. The Hall–Kier alpha value is -3.54. The lowest BCUT2D eigenvalue weighted by Gasteiger charge is -2.24. The second kappa shape index (κ2) is 9.30. The minimum absolute atomic E-state index is 0.785. The highest BCUT2D eigenvalue weighted by atomic mass is 15.3. The summed E-state index contributed by atoms with van der Waals surface area (Å²) in [6.45, 7) is 5.75. The molecule has 2 aromatic heterocycles. The minimum atomic E-state index is 0.785. The number of benzene rings is 2. The standard InChI is InChI=1S/C26H28N6/c1-2-20-18-27-26(28-19-20)32-14-8-13-31(15-16-32)25-23-12-7-6-11-22(23)24(29-30-25)17-21-9-4-3-5-10-21/h3-7,9-12,18-19H,2,8,13-17H2,1H3. The van der Waals surface area contributed by atoms with E-state index >= 15 is 0 Å². The highest BCUT2D eigenvalue weighted by Crippen LogP contribution is 2.28. The van der Waals surface area contributed by atoms with Crippen molar-refractivity contribution in [2.75, 3.05) is 36.0 Å². The highest BCUT2D eigenvalue weighted by Gasteiger charge is 2.21. The van der Waals surface area contributed by atoms with E-state index in [1.165, 1.54) is 21.9 Å². The molecule has 1 fully saturated rings. The zero-order valence-corrected chi connectivity index (χ0v) is 18.5. The summed E-state index contributed by atoms with van der Waals surface area (Å²) >= 11 is 0. The molecule has 3 heterocycles. The fourth-order valence-electron chi connectivity index (χ4n) is 4.32. The van der Waals surface area contributed by atoms with Gasteiger partial charge in [0.2, 0.25) is 5.95 Å². The Labute approximate surface area is 189 Å². The van der Waals surface area contributed by atoms with Gasteiger partial charge in [-0.25, -0.2) is 9.97 Å². The summed E-state index contributed by atoms with van der Waals surface area (Å²) in [6, 6.07) is 19.0. The third kappa shape index (κ3) is 4.26. The van der Waals surface area contributed by atoms with Crippen LogP contribution in [0.5, 0.6) is 0 Å². The summed E-state index contributed by atoms with van der Waals surface area (Å²) in [4.78, 5) is 13.8. The number of hydrogen-bond acceptors (Lipinski definition) is 6. The van der Waals surface area contributed by atoms with Crippen molar-refractivity contribution >= 4 is 22.5 Å². The fourth-order valence-corrected chi connectivity index (χ4v) is 4.32. The lowest BCUT2D eigenvalue weighted by molar-refractivity contribution is 0.778. The van der Waals surface area contributed by atoms with Gasteiger partial charge in [-0.05, 0) is 24.0 Å². The molecule has 0 aliphatic carbocycles. The van der Waals surface area contributed by atoms with Crippen LogP contribution >= 0.6 is 0 Å². The van der Waals surface area contributed by atoms with Crippen LogP contribution in [0.3, 0.4) is 0 Å². The van der Waals surface area contributed by atoms with E-state index in [-0.39, 0.29) is 0 Å². The lowest BCUT2D eigenvalue weighted by Crippen LogP contribution is -2.32. The number of fused-ring (bicyclic) bond motifs is 1. The molecule has 0 atom stereocenters. The van der Waals surface area contributed by atoms with Gasteiger partial charge in [-0.3, -0.25) is 0 Å². The van der Waals surface area contributed by atoms with Crippen molar-refractivity contribution in [1.29, 1.82) is 0 Å². The van der Waals surface area contributed by atoms with Gasteiger partial charge < -0.3 is 9.80 Å². The first-order valence-electron chi connectivity index (χ1n) is 11.4. The highest BCUT2D eigenvalue weighted by molar-refractivity contribution is 5.93. The molecule has 5 rings (SSSR count). The van der Waals surface area contributed by atoms with Crippen molar-refractivity contribution in [2.45, 2.75) is 26.2 Å². The van der Waals surface area contributed by atoms with Crippen LogP contribution in [0, 0.1) is 0 Å². The molecule has 6 heteroatoms. The quantitative estimate of drug-likeness (QED) is 0.476. The largest absolute Gasteiger partial charge is 0.353 e. The van der Waals surface area contributed by atoms with E-state index in [1.807, 2.05) is 18.5 Å². The molecule has 1 aliphatic rings. The SMILES string of the molecule is CCc1cnc(N2CCCN(c3nnc(Cc4ccccc4)c4ccccc34)CC2)nc1. The van der Waals surface area contributed by atoms with Crippen molar-refractivity contribution in [1.82, 2.24) is 20.2 Å². The topological polar surface area (TPSA) is 58.0 Å². The molecular weight excluding hydrogens is 396 g/mol. The van der Waals surface area contributed by atoms with Gasteiger partial charge in [0.1, 0.15) is 0 Å². The van der Waals surface area contributed by atoms with E-state index < -0.39 is 0 Å². The average Bonchev–Trinajstić information content (AvgIpc) is 3.11. The molecule has 0 amide bonds. The summed E-state index contributed by atoms with van der Waals surface area (Å²) in [6.07, 6.45) is 6.65. The monoisotopic (exact) mass is 424 g/mol. The molecule has 0 N–H and O–H groups in total. The zero-order chi connectivity index (χ0) is 21.8. The first-order chi connectivity index (χ1) is 15.8. The molecule has 0 bridgehead atoms. The first kappa shape index (κ1) is 20.4. The van der Waals surface area contributed by atoms with E-state index in [1.54, 1.807) is 0 Å². The van der Waals surface area contributed by atoms with Gasteiger partial charge in [0.05, 0.1) is 5.69 Å². The maximum Gasteiger partial charge on any atom is 0.225 e. The normalized spacial score (nSPS) is 14.5. The molecule has 32 heavy (non-hydrogen) atoms. The lowest BCUT2D eigenvalue weighted by atomic mass is 10.0. The number of rotatable bonds is 5. The van der Waals surface area contributed by atoms with Crippen molar-refractivity contribution in [3.8, 4) is 0 Å². The second-order valence-electron chi connectivity index (χ2n) is 8.25. The molecule has 6 nitrogen and oxygen atoms in total. The van der Waals surface area contributed by atoms with Gasteiger partial charge in [-0.1, -0.05) is 61.5 Å². The Kier molecular flexibility index (Phi) is 5.92. The van der Waals surface area contributed by atoms with Gasteiger partial charge in [-0.2, -0.15) is 5.10 Å². The third-order valence-electron chi connectivity index (χ3n) is 6.14. The van der Waals surface area contributed by atoms with E-state index in [4.69, 9.17) is 5.10 Å². The molecule has 1 saturated heterocycles. The van der Waals surface area contributed by atoms with Crippen LogP contribution in [0.25, 0.3) is 10.8 Å². The summed E-state index contributed by atoms with van der Waals surface area (Å²) < 4.78 is 0. The Balaban J connectivity index is 1.39. The van der Waals surface area contributed by atoms with Crippen LogP contribution < -0.4 is 9.80 Å². The van der Waals surface area contributed by atoms with Crippen LogP contribution in [0.15, 0.2) is 67.0 Å². The molecule has 0 radical (unpaired) electrons. The Morgan fingerprint density at radius 2 is 1.41 bits per heavy atom. The van der Waals surface area contributed by atoms with E-state index in [2.05, 4.69) is 80.3 Å². The first-order valence-corrected chi connectivity index (χ1v) is 11.4. The van der Waals surface area contributed by atoms with Crippen LogP contribution in [-0.4, -0.2) is 46.3 Å². The predicted molar refractivity (Wildman–Crippen MR) is 129 cm³/mol. The van der Waals surface area contributed by atoms with Crippen LogP contribution in [0.4, 0.5) is 11.8 Å². The average molecular weight is 425 g/mol. The Morgan fingerprint density at radius 3 is 2.19 bits per heavy atom. The van der Waals surface area contributed by atoms with Crippen molar-refractivity contribution < 1.29 is 0 Å². The van der Waals surface area contributed by atoms with Crippen LogP contribution in [0.2, 0.25) is 0 Å². The van der Waals surface area contributed by atoms with E-state index in [0.29, 0.717) is 0 Å². The summed E-state index contributed by atoms with van der Waals surface area (Å²) in [7, 11) is 0. The summed E-state index contributed by atoms with van der Waals surface area (Å²) in [5.74, 6) is 1.79. The molecule has 0 saturated carbocycles. The number of nitrogens with zero attached hydrogens (tertiary/aromatic N) is 6. The number of anilines is 2. The molecule has 4 aromatic rings. The second-order valence-corrected chi connectivity index (χ2v) is 8.25. The van der Waals surface area contributed by atoms with Gasteiger partial charge in [0.25, 0.3) is 0 Å². The summed E-state index contributed by atoms with van der Waals surface area (Å²) in [5.41, 5.74) is 3.44. The number of aromatic nitrogens is 4. The Bertz CT molecular complexity index is 1180. The van der Waals surface area contributed by atoms with E-state index in [9.17, 15) is 0 Å². The fraction of sp³-hybridized carbons (Fsp3) is 0.308. The van der Waals surface area contributed by atoms with Crippen LogP contribution in [0.1, 0.15) is 30.2 Å². The van der Waals surface area contributed by atoms with Crippen LogP contribution in [-0.2, 0) is 12.8 Å². The summed E-state index contributed by atoms with van der Waals surface area (Å²) in [5, 5.41) is 11.7. The maximum absolute atomic E-state index is 4.71. The zero-order valence-electron chi connectivity index (χ0n) is 18.5. The molecule has 1 aliphatic heterocycles. The number of aryl methyl sites for hydroxylation is 1. The smallest absolute Gasteiger partial charge is 0.225 e. The van der Waals surface area contributed by atoms with E-state index in [0.717, 1.165) is 62.9 Å². The van der Waals surface area contributed by atoms with Crippen molar-refractivity contribution in [3.63, 3.8) is 0 Å². The molecule has 162 valence electrons. The maximum atomic E-state index is 4.71. The van der Waals surface area contributed by atoms with Crippen molar-refractivity contribution in [3.05, 3.63) is 83.8 Å². The molecule has 0 unspecified atom stereocenters. The molecular formula is C26H28N6. The van der Waals surface area contributed by atoms with Crippen molar-refractivity contribution in [2.24, 2.45) is 0 Å². The predicted octanol–water partition coefficient (Wildman–Crippen LogP) is 4.29. The molecule has 0 spiro atoms. The van der Waals surface area contributed by atoms with Gasteiger partial charge in [0, 0.05) is 55.8 Å². The van der Waals surface area contributed by atoms with Gasteiger partial charge >= 0.3 is 0 Å². The third-order valence-corrected chi connectivity index (χ3v) is 6.14. The Morgan fingerprint density at radius 1 is 0.719 bits per heavy atom. The van der Waals surface area contributed by atoms with Gasteiger partial charge in [0.15, 0.2) is 5.82 Å².